The molecule has 0 N–H and O–H groups in total. The van der Waals surface area contributed by atoms with Crippen molar-refractivity contribution in [2.75, 3.05) is 6.61 Å². The summed E-state index contributed by atoms with van der Waals surface area (Å²) in [5.41, 5.74) is 1.77. The molecule has 2 nitrogen and oxygen atoms in total. The average Bonchev–Trinajstić information content (AvgIpc) is 3.06. The topological polar surface area (TPSA) is 15.8 Å². The number of ether oxygens (including phenoxy) is 1. The maximum atomic E-state index is 5.69. The van der Waals surface area contributed by atoms with Gasteiger partial charge < -0.3 is 4.74 Å². The van der Waals surface area contributed by atoms with Crippen LogP contribution in [0.2, 0.25) is 0 Å². The van der Waals surface area contributed by atoms with Gasteiger partial charge >= 0.3 is 0 Å². The van der Waals surface area contributed by atoms with Crippen molar-refractivity contribution < 1.29 is 4.74 Å². The lowest BCUT2D eigenvalue weighted by Crippen LogP contribution is -2.45. The maximum Gasteiger partial charge on any atom is 0.0946 e. The first kappa shape index (κ1) is 10.1. The molecule has 0 amide bonds. The highest BCUT2D eigenvalue weighted by atomic mass is 16.6. The van der Waals surface area contributed by atoms with E-state index >= 15 is 0 Å². The highest BCUT2D eigenvalue weighted by Gasteiger charge is 2.55. The van der Waals surface area contributed by atoms with Crippen LogP contribution in [-0.2, 0) is 11.3 Å². The summed E-state index contributed by atoms with van der Waals surface area (Å²) in [4.78, 5) is 2.72. The minimum Gasteiger partial charge on any atom is -0.369 e. The van der Waals surface area contributed by atoms with Gasteiger partial charge in [-0.2, -0.15) is 0 Å². The van der Waals surface area contributed by atoms with E-state index in [-0.39, 0.29) is 0 Å². The van der Waals surface area contributed by atoms with Gasteiger partial charge in [-0.1, -0.05) is 30.3 Å². The van der Waals surface area contributed by atoms with Crippen LogP contribution in [0.15, 0.2) is 30.3 Å². The summed E-state index contributed by atoms with van der Waals surface area (Å²) < 4.78 is 5.69. The highest BCUT2D eigenvalue weighted by Crippen LogP contribution is 2.49. The molecular weight excluding hydrogens is 210 g/mol. The molecular formula is C15H19NO. The molecule has 3 aliphatic heterocycles. The molecule has 1 spiro atoms. The predicted octanol–water partition coefficient (Wildman–Crippen LogP) is 2.58. The lowest BCUT2D eigenvalue weighted by atomic mass is 9.91. The number of piperidine rings is 1. The van der Waals surface area contributed by atoms with Gasteiger partial charge in [0.15, 0.2) is 0 Å². The second kappa shape index (κ2) is 3.56. The van der Waals surface area contributed by atoms with Crippen molar-refractivity contribution in [2.45, 2.75) is 49.9 Å². The lowest BCUT2D eigenvalue weighted by molar-refractivity contribution is 0.0741. The molecule has 90 valence electrons. The maximum absolute atomic E-state index is 5.69. The molecule has 2 bridgehead atoms. The fourth-order valence-electron chi connectivity index (χ4n) is 3.79. The van der Waals surface area contributed by atoms with Gasteiger partial charge in [-0.25, -0.2) is 0 Å². The lowest BCUT2D eigenvalue weighted by Gasteiger charge is -2.37. The van der Waals surface area contributed by atoms with Crippen LogP contribution in [0.25, 0.3) is 0 Å². The van der Waals surface area contributed by atoms with Crippen LogP contribution < -0.4 is 0 Å². The van der Waals surface area contributed by atoms with Gasteiger partial charge in [0.2, 0.25) is 0 Å². The minimum atomic E-state index is 0.318. The largest absolute Gasteiger partial charge is 0.369 e. The van der Waals surface area contributed by atoms with E-state index in [2.05, 4.69) is 35.2 Å². The Morgan fingerprint density at radius 2 is 1.76 bits per heavy atom. The van der Waals surface area contributed by atoms with E-state index in [1.54, 1.807) is 0 Å². The Hall–Kier alpha value is -0.860. The molecule has 3 aliphatic rings. The number of hydrogen-bond donors (Lipinski definition) is 0. The molecule has 0 aromatic heterocycles. The third-order valence-electron chi connectivity index (χ3n) is 4.75. The van der Waals surface area contributed by atoms with Crippen LogP contribution in [0.5, 0.6) is 0 Å². The monoisotopic (exact) mass is 229 g/mol. The van der Waals surface area contributed by atoms with Crippen molar-refractivity contribution in [3.63, 3.8) is 0 Å². The third-order valence-corrected chi connectivity index (χ3v) is 4.75. The Bertz CT molecular complexity index is 396. The SMILES string of the molecule is c1ccc(CN2[C@H]3CC[C@H]2CC2(CO2)C3)cc1. The first-order chi connectivity index (χ1) is 8.35. The third kappa shape index (κ3) is 1.71. The standard InChI is InChI=1S/C15H19NO/c1-2-4-12(5-3-1)10-16-13-6-7-14(16)9-15(8-13)11-17-15/h1-5,13-14H,6-11H2/t13-,14-/m0/s1. The second-order valence-corrected chi connectivity index (χ2v) is 5.92. The molecule has 0 saturated carbocycles. The number of rotatable bonds is 2. The van der Waals surface area contributed by atoms with Crippen molar-refractivity contribution in [1.82, 2.24) is 4.90 Å². The molecule has 17 heavy (non-hydrogen) atoms. The van der Waals surface area contributed by atoms with Crippen LogP contribution >= 0.6 is 0 Å². The Kier molecular flexibility index (Phi) is 2.12. The Balaban J connectivity index is 1.52. The molecule has 0 unspecified atom stereocenters. The van der Waals surface area contributed by atoms with Gasteiger partial charge in [-0.3, -0.25) is 4.90 Å². The van der Waals surface area contributed by atoms with Crippen LogP contribution in [0.4, 0.5) is 0 Å². The molecule has 2 heteroatoms. The van der Waals surface area contributed by atoms with Crippen molar-refractivity contribution in [3.8, 4) is 0 Å². The van der Waals surface area contributed by atoms with E-state index in [1.807, 2.05) is 0 Å². The zero-order valence-corrected chi connectivity index (χ0v) is 10.1. The fourth-order valence-corrected chi connectivity index (χ4v) is 3.79. The first-order valence-electron chi connectivity index (χ1n) is 6.78. The Labute approximate surface area is 103 Å². The van der Waals surface area contributed by atoms with E-state index in [4.69, 9.17) is 4.74 Å². The van der Waals surface area contributed by atoms with Crippen LogP contribution in [0.1, 0.15) is 31.2 Å². The molecule has 2 atom stereocenters. The van der Waals surface area contributed by atoms with Gasteiger partial charge in [-0.15, -0.1) is 0 Å². The molecule has 3 heterocycles. The summed E-state index contributed by atoms with van der Waals surface area (Å²) in [7, 11) is 0. The summed E-state index contributed by atoms with van der Waals surface area (Å²) in [5, 5.41) is 0. The summed E-state index contributed by atoms with van der Waals surface area (Å²) >= 11 is 0. The molecule has 3 saturated heterocycles. The summed E-state index contributed by atoms with van der Waals surface area (Å²) in [6.07, 6.45) is 5.30. The van der Waals surface area contributed by atoms with Gasteiger partial charge in [0.25, 0.3) is 0 Å². The fraction of sp³-hybridized carbons (Fsp3) is 0.600. The molecule has 0 radical (unpaired) electrons. The van der Waals surface area contributed by atoms with Gasteiger partial charge in [0.1, 0.15) is 0 Å². The summed E-state index contributed by atoms with van der Waals surface area (Å²) in [6.45, 7) is 2.16. The minimum absolute atomic E-state index is 0.318. The first-order valence-corrected chi connectivity index (χ1v) is 6.78. The number of nitrogens with zero attached hydrogens (tertiary/aromatic N) is 1. The molecule has 1 aromatic rings. The van der Waals surface area contributed by atoms with Crippen molar-refractivity contribution >= 4 is 0 Å². The van der Waals surface area contributed by atoms with Gasteiger partial charge in [-0.05, 0) is 31.2 Å². The van der Waals surface area contributed by atoms with Gasteiger partial charge in [0.05, 0.1) is 12.2 Å². The number of fused-ring (bicyclic) bond motifs is 2. The van der Waals surface area contributed by atoms with Crippen molar-refractivity contribution in [1.29, 1.82) is 0 Å². The Morgan fingerprint density at radius 3 is 2.35 bits per heavy atom. The van der Waals surface area contributed by atoms with E-state index in [9.17, 15) is 0 Å². The zero-order valence-electron chi connectivity index (χ0n) is 10.1. The van der Waals surface area contributed by atoms with E-state index in [0.717, 1.165) is 25.2 Å². The average molecular weight is 229 g/mol. The number of hydrogen-bond acceptors (Lipinski definition) is 2. The molecule has 1 aromatic carbocycles. The van der Waals surface area contributed by atoms with Crippen LogP contribution in [0, 0.1) is 0 Å². The quantitative estimate of drug-likeness (QED) is 0.724. The predicted molar refractivity (Wildman–Crippen MR) is 66.7 cm³/mol. The van der Waals surface area contributed by atoms with Crippen molar-refractivity contribution in [2.24, 2.45) is 0 Å². The summed E-state index contributed by atoms with van der Waals surface area (Å²) in [6, 6.07) is 12.4. The van der Waals surface area contributed by atoms with E-state index in [0.29, 0.717) is 5.60 Å². The number of benzene rings is 1. The van der Waals surface area contributed by atoms with Crippen LogP contribution in [-0.4, -0.2) is 29.2 Å². The number of epoxide rings is 1. The van der Waals surface area contributed by atoms with Crippen molar-refractivity contribution in [3.05, 3.63) is 35.9 Å². The van der Waals surface area contributed by atoms with Gasteiger partial charge in [0, 0.05) is 18.6 Å². The second-order valence-electron chi connectivity index (χ2n) is 5.92. The molecule has 3 fully saturated rings. The normalized spacial score (nSPS) is 39.8. The highest BCUT2D eigenvalue weighted by molar-refractivity contribution is 5.17. The van der Waals surface area contributed by atoms with Crippen LogP contribution in [0.3, 0.4) is 0 Å². The smallest absolute Gasteiger partial charge is 0.0946 e. The van der Waals surface area contributed by atoms with E-state index in [1.165, 1.54) is 31.2 Å². The Morgan fingerprint density at radius 1 is 1.12 bits per heavy atom. The molecule has 4 rings (SSSR count). The zero-order chi connectivity index (χ0) is 11.3. The van der Waals surface area contributed by atoms with E-state index < -0.39 is 0 Å². The summed E-state index contributed by atoms with van der Waals surface area (Å²) in [5.74, 6) is 0. The molecule has 0 aliphatic carbocycles.